The molecule has 214 valence electrons. The molecule has 2 atom stereocenters. The number of carbonyl (C=O) groups excluding carboxylic acids is 1. The van der Waals surface area contributed by atoms with Crippen molar-refractivity contribution in [3.05, 3.63) is 74.7 Å². The van der Waals surface area contributed by atoms with Crippen LogP contribution in [0.1, 0.15) is 36.8 Å². The van der Waals surface area contributed by atoms with Gasteiger partial charge in [-0.2, -0.15) is 0 Å². The Morgan fingerprint density at radius 2 is 1.88 bits per heavy atom. The highest BCUT2D eigenvalue weighted by Gasteiger charge is 2.40. The number of anilines is 1. The molecule has 0 aliphatic carbocycles. The number of aromatic nitrogens is 2. The summed E-state index contributed by atoms with van der Waals surface area (Å²) < 4.78 is 18.7. The average molecular weight is 574 g/mol. The number of carboxylic acids is 1. The standard InChI is InChI=1S/C28H32ClN3O8/c1-28(2,15-33)14-31-20-9-8-16(29)10-19(20)25(18-6-5-7-21(38-3)26(18)39-4)40-22(27(31)37)11-17-12-23(34)32(30-17)13-24(35)36/h5-10,12,22,25,30,33H,11,13-15H2,1-4H3,(H,35,36)/t22-,25-/m1/s1. The molecule has 0 bridgehead atoms. The van der Waals surface area contributed by atoms with Crippen molar-refractivity contribution < 1.29 is 34.0 Å². The molecule has 0 saturated heterocycles. The molecule has 0 radical (unpaired) electrons. The Balaban J connectivity index is 1.89. The highest BCUT2D eigenvalue weighted by atomic mass is 35.5. The number of para-hydroxylation sites is 1. The summed E-state index contributed by atoms with van der Waals surface area (Å²) in [7, 11) is 3.02. The normalized spacial score (nSPS) is 17.4. The van der Waals surface area contributed by atoms with Crippen molar-refractivity contribution in [1.82, 2.24) is 9.78 Å². The number of nitrogens with one attached hydrogen (secondary N) is 1. The first-order valence-corrected chi connectivity index (χ1v) is 12.9. The second-order valence-electron chi connectivity index (χ2n) is 10.3. The number of carboxylic acid groups (broad SMARTS) is 1. The maximum atomic E-state index is 14.2. The second-order valence-corrected chi connectivity index (χ2v) is 10.8. The van der Waals surface area contributed by atoms with Crippen molar-refractivity contribution in [1.29, 1.82) is 0 Å². The Morgan fingerprint density at radius 3 is 2.52 bits per heavy atom. The molecule has 2 heterocycles. The van der Waals surface area contributed by atoms with Crippen molar-refractivity contribution in [3.63, 3.8) is 0 Å². The monoisotopic (exact) mass is 573 g/mol. The van der Waals surface area contributed by atoms with E-state index in [1.807, 2.05) is 13.8 Å². The fourth-order valence-electron chi connectivity index (χ4n) is 4.75. The fraction of sp³-hybridized carbons (Fsp3) is 0.393. The van der Waals surface area contributed by atoms with Gasteiger partial charge in [0.1, 0.15) is 18.8 Å². The Labute approximate surface area is 235 Å². The summed E-state index contributed by atoms with van der Waals surface area (Å²) in [6.07, 6.45) is -2.01. The maximum absolute atomic E-state index is 14.2. The number of aliphatic carboxylic acids is 1. The number of hydrogen-bond acceptors (Lipinski definition) is 7. The van der Waals surface area contributed by atoms with Gasteiger partial charge in [-0.15, -0.1) is 0 Å². The summed E-state index contributed by atoms with van der Waals surface area (Å²) in [6.45, 7) is 3.10. The van der Waals surface area contributed by atoms with Gasteiger partial charge in [-0.05, 0) is 24.3 Å². The number of benzene rings is 2. The van der Waals surface area contributed by atoms with Crippen LogP contribution in [0.5, 0.6) is 11.5 Å². The van der Waals surface area contributed by atoms with Gasteiger partial charge in [0.2, 0.25) is 0 Å². The number of aromatic amines is 1. The molecular weight excluding hydrogens is 542 g/mol. The maximum Gasteiger partial charge on any atom is 0.325 e. The van der Waals surface area contributed by atoms with Crippen molar-refractivity contribution >= 4 is 29.2 Å². The summed E-state index contributed by atoms with van der Waals surface area (Å²) in [6, 6.07) is 11.7. The Morgan fingerprint density at radius 1 is 1.12 bits per heavy atom. The zero-order valence-electron chi connectivity index (χ0n) is 22.6. The van der Waals surface area contributed by atoms with Crippen molar-refractivity contribution in [3.8, 4) is 11.5 Å². The highest BCUT2D eigenvalue weighted by Crippen LogP contribution is 2.45. The zero-order chi connectivity index (χ0) is 29.2. The van der Waals surface area contributed by atoms with E-state index in [1.54, 1.807) is 41.3 Å². The van der Waals surface area contributed by atoms with Gasteiger partial charge in [0.25, 0.3) is 11.5 Å². The Kier molecular flexibility index (Phi) is 8.57. The van der Waals surface area contributed by atoms with E-state index in [0.29, 0.717) is 39.0 Å². The van der Waals surface area contributed by atoms with Gasteiger partial charge in [0, 0.05) is 58.6 Å². The van der Waals surface area contributed by atoms with Gasteiger partial charge in [-0.25, -0.2) is 4.68 Å². The third-order valence-corrected chi connectivity index (χ3v) is 6.91. The summed E-state index contributed by atoms with van der Waals surface area (Å²) in [5.74, 6) is -0.710. The van der Waals surface area contributed by atoms with E-state index in [-0.39, 0.29) is 19.6 Å². The minimum Gasteiger partial charge on any atom is -0.493 e. The first-order chi connectivity index (χ1) is 19.0. The lowest BCUT2D eigenvalue weighted by Gasteiger charge is -2.32. The van der Waals surface area contributed by atoms with E-state index < -0.39 is 41.6 Å². The smallest absolute Gasteiger partial charge is 0.325 e. The van der Waals surface area contributed by atoms with Crippen molar-refractivity contribution in [2.24, 2.45) is 5.41 Å². The lowest BCUT2D eigenvalue weighted by molar-refractivity contribution is -0.138. The molecule has 1 aliphatic heterocycles. The predicted molar refractivity (Wildman–Crippen MR) is 147 cm³/mol. The Hall–Kier alpha value is -3.80. The summed E-state index contributed by atoms with van der Waals surface area (Å²) in [5, 5.41) is 22.3. The number of fused-ring (bicyclic) bond motifs is 1. The summed E-state index contributed by atoms with van der Waals surface area (Å²) in [5.41, 5.74) is 0.849. The van der Waals surface area contributed by atoms with Gasteiger partial charge < -0.3 is 29.3 Å². The molecule has 1 aromatic heterocycles. The molecule has 12 heteroatoms. The third-order valence-electron chi connectivity index (χ3n) is 6.68. The van der Waals surface area contributed by atoms with Crippen molar-refractivity contribution in [2.75, 3.05) is 32.3 Å². The number of carbonyl (C=O) groups is 2. The molecule has 0 unspecified atom stereocenters. The Bertz CT molecular complexity index is 1460. The molecule has 40 heavy (non-hydrogen) atoms. The topological polar surface area (TPSA) is 143 Å². The number of ether oxygens (including phenoxy) is 3. The molecule has 11 nitrogen and oxygen atoms in total. The molecule has 0 saturated carbocycles. The second kappa shape index (κ2) is 11.7. The van der Waals surface area contributed by atoms with Crippen LogP contribution in [0.4, 0.5) is 5.69 Å². The van der Waals surface area contributed by atoms with Gasteiger partial charge in [0.05, 0.1) is 14.2 Å². The molecule has 3 aromatic rings. The van der Waals surface area contributed by atoms with E-state index in [0.717, 1.165) is 4.68 Å². The number of H-pyrrole nitrogens is 1. The minimum absolute atomic E-state index is 0.0543. The number of amides is 1. The largest absolute Gasteiger partial charge is 0.493 e. The quantitative estimate of drug-likeness (QED) is 0.336. The van der Waals surface area contributed by atoms with Crippen LogP contribution in [-0.2, 0) is 27.3 Å². The number of rotatable bonds is 10. The number of aliphatic hydroxyl groups is 1. The van der Waals surface area contributed by atoms with Crippen molar-refractivity contribution in [2.45, 2.75) is 39.0 Å². The van der Waals surface area contributed by atoms with Gasteiger partial charge in [-0.3, -0.25) is 19.5 Å². The molecule has 0 spiro atoms. The first kappa shape index (κ1) is 29.2. The molecule has 3 N–H and O–H groups in total. The highest BCUT2D eigenvalue weighted by molar-refractivity contribution is 6.30. The first-order valence-electron chi connectivity index (χ1n) is 12.6. The minimum atomic E-state index is -1.19. The average Bonchev–Trinajstić information content (AvgIpc) is 3.21. The summed E-state index contributed by atoms with van der Waals surface area (Å²) in [4.78, 5) is 39.3. The molecule has 1 aliphatic rings. The predicted octanol–water partition coefficient (Wildman–Crippen LogP) is 3.01. The lowest BCUT2D eigenvalue weighted by atomic mass is 9.92. The molecule has 2 aromatic carbocycles. The lowest BCUT2D eigenvalue weighted by Crippen LogP contribution is -2.46. The number of aliphatic hydroxyl groups excluding tert-OH is 1. The van der Waals surface area contributed by atoms with Crippen LogP contribution in [-0.4, -0.2) is 65.3 Å². The van der Waals surface area contributed by atoms with Crippen LogP contribution in [0.25, 0.3) is 0 Å². The van der Waals surface area contributed by atoms with Gasteiger partial charge in [0.15, 0.2) is 11.5 Å². The van der Waals surface area contributed by atoms with Crippen LogP contribution in [0.3, 0.4) is 0 Å². The zero-order valence-corrected chi connectivity index (χ0v) is 23.4. The number of methoxy groups -OCH3 is 2. The third kappa shape index (κ3) is 6.01. The molecule has 1 amide bonds. The van der Waals surface area contributed by atoms with Crippen LogP contribution >= 0.6 is 11.6 Å². The van der Waals surface area contributed by atoms with Gasteiger partial charge >= 0.3 is 5.97 Å². The van der Waals surface area contributed by atoms with E-state index in [4.69, 9.17) is 30.9 Å². The van der Waals surface area contributed by atoms with E-state index in [1.165, 1.54) is 20.3 Å². The number of halogens is 1. The summed E-state index contributed by atoms with van der Waals surface area (Å²) >= 11 is 6.44. The molecule has 4 rings (SSSR count). The SMILES string of the molecule is COc1cccc([C@H]2O[C@H](Cc3cc(=O)n(CC(=O)O)[nH]3)C(=O)N(CC(C)(C)CO)c3ccc(Cl)cc32)c1OC. The molecular formula is C28H32ClN3O8. The van der Waals surface area contributed by atoms with Crippen LogP contribution in [0.2, 0.25) is 5.02 Å². The van der Waals surface area contributed by atoms with Crippen LogP contribution < -0.4 is 19.9 Å². The van der Waals surface area contributed by atoms with Crippen LogP contribution in [0.15, 0.2) is 47.3 Å². The fourth-order valence-corrected chi connectivity index (χ4v) is 4.93. The number of nitrogens with zero attached hydrogens (tertiary/aromatic N) is 2. The van der Waals surface area contributed by atoms with E-state index in [2.05, 4.69) is 5.10 Å². The van der Waals surface area contributed by atoms with Crippen LogP contribution in [0, 0.1) is 5.41 Å². The number of hydrogen-bond donors (Lipinski definition) is 3. The van der Waals surface area contributed by atoms with Gasteiger partial charge in [-0.1, -0.05) is 37.6 Å². The van der Waals surface area contributed by atoms with E-state index in [9.17, 15) is 19.5 Å². The van der Waals surface area contributed by atoms with E-state index >= 15 is 0 Å². The molecule has 0 fully saturated rings.